The molecular weight excluding hydrogens is 867 g/mol. The van der Waals surface area contributed by atoms with Gasteiger partial charge in [-0.05, 0) is 69.3 Å². The molecule has 0 bridgehead atoms. The predicted octanol–water partition coefficient (Wildman–Crippen LogP) is 12.8. The van der Waals surface area contributed by atoms with E-state index in [0.29, 0.717) is 5.82 Å². The van der Waals surface area contributed by atoms with Crippen molar-refractivity contribution in [2.75, 3.05) is 0 Å². The van der Waals surface area contributed by atoms with Crippen molar-refractivity contribution in [1.82, 2.24) is 23.7 Å². The van der Waals surface area contributed by atoms with Crippen molar-refractivity contribution in [3.63, 3.8) is 0 Å². The van der Waals surface area contributed by atoms with Crippen LogP contribution in [0.5, 0.6) is 0 Å². The highest BCUT2D eigenvalue weighted by molar-refractivity contribution is 7.20. The highest BCUT2D eigenvalue weighted by atomic mass is 28.3. The molecule has 0 saturated carbocycles. The fourth-order valence-corrected chi connectivity index (χ4v) is 16.2. The fraction of sp³-hybridized carbons (Fsp3) is 0. The van der Waals surface area contributed by atoms with Gasteiger partial charge in [-0.3, -0.25) is 9.13 Å². The summed E-state index contributed by atoms with van der Waals surface area (Å²) in [6.45, 7) is 0. The van der Waals surface area contributed by atoms with Crippen LogP contribution >= 0.6 is 0 Å². The molecule has 0 spiro atoms. The van der Waals surface area contributed by atoms with E-state index in [-0.39, 0.29) is 0 Å². The average Bonchev–Trinajstić information content (AvgIpc) is 4.08. The fourth-order valence-electron chi connectivity index (χ4n) is 11.5. The molecule has 0 radical (unpaired) electrons. The number of fused-ring (bicyclic) bond motifs is 9. The molecule has 0 atom stereocenters. The molecule has 0 fully saturated rings. The van der Waals surface area contributed by atoms with Crippen molar-refractivity contribution in [3.8, 4) is 28.7 Å². The zero-order chi connectivity index (χ0) is 46.2. The molecule has 0 saturated heterocycles. The van der Waals surface area contributed by atoms with E-state index in [1.54, 1.807) is 0 Å². The first-order valence-corrected chi connectivity index (χ1v) is 25.9. The van der Waals surface area contributed by atoms with Crippen LogP contribution in [0.4, 0.5) is 0 Å². The highest BCUT2D eigenvalue weighted by Crippen LogP contribution is 2.37. The second kappa shape index (κ2) is 16.0. The van der Waals surface area contributed by atoms with Gasteiger partial charge in [0, 0.05) is 49.6 Å². The van der Waals surface area contributed by atoms with E-state index in [9.17, 15) is 0 Å². The smallest absolute Gasteiger partial charge is 0.179 e. The number of hydrogen-bond donors (Lipinski definition) is 0. The number of aromatic nitrogens is 5. The van der Waals surface area contributed by atoms with E-state index in [1.165, 1.54) is 53.1 Å². The first-order valence-electron chi connectivity index (χ1n) is 23.9. The number of nitrogens with zero attached hydrogens (tertiary/aromatic N) is 5. The molecular formula is C64H43N5Si. The van der Waals surface area contributed by atoms with Crippen LogP contribution in [0.1, 0.15) is 0 Å². The van der Waals surface area contributed by atoms with Gasteiger partial charge in [-0.25, -0.2) is 9.97 Å². The first kappa shape index (κ1) is 40.0. The van der Waals surface area contributed by atoms with Gasteiger partial charge in [-0.2, -0.15) is 0 Å². The normalized spacial score (nSPS) is 12.0. The Bertz CT molecular complexity index is 4100. The van der Waals surface area contributed by atoms with Gasteiger partial charge in [0.1, 0.15) is 11.6 Å². The minimum absolute atomic E-state index is 0.642. The Labute approximate surface area is 405 Å². The molecule has 0 N–H and O–H groups in total. The molecule has 14 aromatic rings. The Morgan fingerprint density at radius 1 is 0.257 bits per heavy atom. The van der Waals surface area contributed by atoms with Gasteiger partial charge in [0.25, 0.3) is 0 Å². The number of para-hydroxylation sites is 5. The minimum atomic E-state index is -2.83. The van der Waals surface area contributed by atoms with Crippen molar-refractivity contribution < 1.29 is 0 Å². The standard InChI is InChI=1S/C64H43N5Si/c1-4-23-46(24-5-1)70(47-25-6-2-7-26-47,48-27-8-3-9-28-48)49-39-40-61-55(42-49)54-33-14-19-38-60(54)69(61)63-43-62(68-58-36-17-12-31-52(58)53-32-13-18-37-59(53)68)65-64(66-63)44-21-20-22-45(41-44)67-56-34-15-10-29-50(56)51-30-11-16-35-57(51)67/h1-43H. The monoisotopic (exact) mass is 909 g/mol. The maximum atomic E-state index is 5.62. The Kier molecular flexibility index (Phi) is 9.15. The van der Waals surface area contributed by atoms with Crippen molar-refractivity contribution in [3.05, 3.63) is 261 Å². The summed E-state index contributed by atoms with van der Waals surface area (Å²) in [4.78, 5) is 11.2. The van der Waals surface area contributed by atoms with Crippen molar-refractivity contribution in [2.45, 2.75) is 0 Å². The number of benzene rings is 10. The maximum absolute atomic E-state index is 5.62. The van der Waals surface area contributed by atoms with Crippen LogP contribution in [0.15, 0.2) is 261 Å². The van der Waals surface area contributed by atoms with E-state index in [0.717, 1.165) is 56.0 Å². The van der Waals surface area contributed by atoms with Gasteiger partial charge in [0.05, 0.1) is 33.1 Å². The Morgan fingerprint density at radius 2 is 0.629 bits per heavy atom. The zero-order valence-electron chi connectivity index (χ0n) is 38.1. The molecule has 0 unspecified atom stereocenters. The van der Waals surface area contributed by atoms with E-state index in [1.807, 2.05) is 0 Å². The van der Waals surface area contributed by atoms with Gasteiger partial charge >= 0.3 is 0 Å². The maximum Gasteiger partial charge on any atom is 0.179 e. The van der Waals surface area contributed by atoms with Crippen molar-refractivity contribution >= 4 is 94.2 Å². The second-order valence-electron chi connectivity index (χ2n) is 18.1. The summed E-state index contributed by atoms with van der Waals surface area (Å²) in [5, 5.41) is 12.5. The Balaban J connectivity index is 1.04. The lowest BCUT2D eigenvalue weighted by molar-refractivity contribution is 0.993. The van der Waals surface area contributed by atoms with Gasteiger partial charge in [0.15, 0.2) is 13.9 Å². The van der Waals surface area contributed by atoms with Crippen LogP contribution < -0.4 is 20.7 Å². The van der Waals surface area contributed by atoms with Gasteiger partial charge in [0.2, 0.25) is 0 Å². The number of rotatable bonds is 8. The van der Waals surface area contributed by atoms with Crippen LogP contribution in [0.2, 0.25) is 0 Å². The summed E-state index contributed by atoms with van der Waals surface area (Å²) in [5.74, 6) is 2.23. The third-order valence-electron chi connectivity index (χ3n) is 14.4. The van der Waals surface area contributed by atoms with Crippen LogP contribution in [0, 0.1) is 0 Å². The van der Waals surface area contributed by atoms with Crippen LogP contribution in [0.3, 0.4) is 0 Å². The SMILES string of the molecule is c1ccc([Si](c2ccccc2)(c2ccccc2)c2ccc3c(c2)c2ccccc2n3-c2cc(-n3c4ccccc4c4ccccc43)nc(-c3cccc(-n4c5ccccc5c5ccccc54)c3)n2)cc1. The third-order valence-corrected chi connectivity index (χ3v) is 19.2. The molecule has 0 aliphatic heterocycles. The summed E-state index contributed by atoms with van der Waals surface area (Å²) in [5.41, 5.74) is 8.64. The molecule has 10 aromatic carbocycles. The summed E-state index contributed by atoms with van der Waals surface area (Å²) >= 11 is 0. The van der Waals surface area contributed by atoms with E-state index in [2.05, 4.69) is 275 Å². The van der Waals surface area contributed by atoms with Crippen LogP contribution in [-0.2, 0) is 0 Å². The van der Waals surface area contributed by atoms with Crippen LogP contribution in [-0.4, -0.2) is 31.7 Å². The largest absolute Gasteiger partial charge is 0.309 e. The topological polar surface area (TPSA) is 40.6 Å². The number of hydrogen-bond acceptors (Lipinski definition) is 2. The lowest BCUT2D eigenvalue weighted by Gasteiger charge is -2.34. The van der Waals surface area contributed by atoms with E-state index >= 15 is 0 Å². The summed E-state index contributed by atoms with van der Waals surface area (Å²) in [6, 6.07) is 95.0. The third kappa shape index (κ3) is 6.03. The Morgan fingerprint density at radius 3 is 1.07 bits per heavy atom. The van der Waals surface area contributed by atoms with Gasteiger partial charge in [-0.15, -0.1) is 0 Å². The highest BCUT2D eigenvalue weighted by Gasteiger charge is 2.41. The van der Waals surface area contributed by atoms with E-state index in [4.69, 9.17) is 9.97 Å². The average molecular weight is 910 g/mol. The second-order valence-corrected chi connectivity index (χ2v) is 21.9. The molecule has 4 heterocycles. The molecule has 70 heavy (non-hydrogen) atoms. The molecule has 0 aliphatic carbocycles. The predicted molar refractivity (Wildman–Crippen MR) is 294 cm³/mol. The summed E-state index contributed by atoms with van der Waals surface area (Å²) in [6.07, 6.45) is 0. The molecule has 4 aromatic heterocycles. The molecule has 328 valence electrons. The van der Waals surface area contributed by atoms with Crippen molar-refractivity contribution in [2.24, 2.45) is 0 Å². The molecule has 5 nitrogen and oxygen atoms in total. The lowest BCUT2D eigenvalue weighted by Crippen LogP contribution is -2.74. The summed E-state index contributed by atoms with van der Waals surface area (Å²) < 4.78 is 7.02. The molecule has 0 amide bonds. The van der Waals surface area contributed by atoms with Crippen molar-refractivity contribution in [1.29, 1.82) is 0 Å². The van der Waals surface area contributed by atoms with Crippen LogP contribution in [0.25, 0.3) is 94.1 Å². The Hall–Kier alpha value is -9.10. The summed E-state index contributed by atoms with van der Waals surface area (Å²) in [7, 11) is -2.83. The molecule has 6 heteroatoms. The first-order chi connectivity index (χ1) is 34.7. The minimum Gasteiger partial charge on any atom is -0.309 e. The van der Waals surface area contributed by atoms with Gasteiger partial charge < -0.3 is 4.57 Å². The van der Waals surface area contributed by atoms with Gasteiger partial charge in [-0.1, -0.05) is 206 Å². The molecule has 0 aliphatic rings. The quantitative estimate of drug-likeness (QED) is 0.113. The zero-order valence-corrected chi connectivity index (χ0v) is 39.1. The molecule has 14 rings (SSSR count). The lowest BCUT2D eigenvalue weighted by atomic mass is 10.1. The van der Waals surface area contributed by atoms with E-state index < -0.39 is 8.07 Å².